The molecule has 0 saturated heterocycles. The number of aryl methyl sites for hydroxylation is 1. The molecule has 0 fully saturated rings. The summed E-state index contributed by atoms with van der Waals surface area (Å²) in [5.74, 6) is 0.225. The van der Waals surface area contributed by atoms with Crippen LogP contribution in [0, 0.1) is 6.92 Å². The van der Waals surface area contributed by atoms with Crippen LogP contribution in [0.1, 0.15) is 23.0 Å². The van der Waals surface area contributed by atoms with Crippen molar-refractivity contribution in [3.05, 3.63) is 58.4 Å². The summed E-state index contributed by atoms with van der Waals surface area (Å²) in [4.78, 5) is 21.5. The summed E-state index contributed by atoms with van der Waals surface area (Å²) in [6.07, 6.45) is 0. The summed E-state index contributed by atoms with van der Waals surface area (Å²) in [5.41, 5.74) is 3.50. The lowest BCUT2D eigenvalue weighted by atomic mass is 10.1. The van der Waals surface area contributed by atoms with Crippen molar-refractivity contribution in [2.45, 2.75) is 13.8 Å². The molecule has 0 radical (unpaired) electrons. The Morgan fingerprint density at radius 1 is 1.13 bits per heavy atom. The van der Waals surface area contributed by atoms with Gasteiger partial charge in [-0.15, -0.1) is 0 Å². The first-order chi connectivity index (χ1) is 11.2. The van der Waals surface area contributed by atoms with E-state index < -0.39 is 0 Å². The average Bonchev–Trinajstić information content (AvgIpc) is 3.09. The Bertz CT molecular complexity index is 815. The molecule has 0 aliphatic rings. The lowest BCUT2D eigenvalue weighted by Crippen LogP contribution is -2.12. The Morgan fingerprint density at radius 3 is 2.57 bits per heavy atom. The van der Waals surface area contributed by atoms with Crippen molar-refractivity contribution >= 4 is 17.3 Å². The van der Waals surface area contributed by atoms with Gasteiger partial charge in [-0.3, -0.25) is 0 Å². The van der Waals surface area contributed by atoms with Gasteiger partial charge < -0.3 is 4.74 Å². The molecule has 4 nitrogen and oxygen atoms in total. The van der Waals surface area contributed by atoms with Gasteiger partial charge >= 0.3 is 5.97 Å². The van der Waals surface area contributed by atoms with Gasteiger partial charge in [0.1, 0.15) is 5.56 Å². The fourth-order valence-electron chi connectivity index (χ4n) is 2.34. The third-order valence-corrected chi connectivity index (χ3v) is 4.08. The fourth-order valence-corrected chi connectivity index (χ4v) is 2.99. The first-order valence-electron chi connectivity index (χ1n) is 7.34. The van der Waals surface area contributed by atoms with E-state index in [4.69, 9.17) is 4.74 Å². The van der Waals surface area contributed by atoms with Crippen LogP contribution in [-0.4, -0.2) is 22.5 Å². The molecule has 0 spiro atoms. The molecule has 23 heavy (non-hydrogen) atoms. The number of hydrogen-bond donors (Lipinski definition) is 0. The maximum absolute atomic E-state index is 12.3. The Hall–Kier alpha value is -2.53. The highest BCUT2D eigenvalue weighted by atomic mass is 32.1. The van der Waals surface area contributed by atoms with E-state index in [9.17, 15) is 4.79 Å². The molecule has 0 unspecified atom stereocenters. The molecule has 5 heteroatoms. The second-order valence-corrected chi connectivity index (χ2v) is 5.73. The van der Waals surface area contributed by atoms with E-state index in [1.54, 1.807) is 18.3 Å². The van der Waals surface area contributed by atoms with Crippen LogP contribution in [0.5, 0.6) is 0 Å². The molecule has 0 N–H and O–H groups in total. The zero-order valence-corrected chi connectivity index (χ0v) is 13.8. The topological polar surface area (TPSA) is 52.1 Å². The van der Waals surface area contributed by atoms with Gasteiger partial charge in [0.05, 0.1) is 18.0 Å². The number of hydrogen-bond acceptors (Lipinski definition) is 5. The molecular weight excluding hydrogens is 308 g/mol. The van der Waals surface area contributed by atoms with Crippen molar-refractivity contribution in [2.75, 3.05) is 6.61 Å². The van der Waals surface area contributed by atoms with E-state index in [-0.39, 0.29) is 5.97 Å². The molecule has 116 valence electrons. The second-order valence-electron chi connectivity index (χ2n) is 4.95. The lowest BCUT2D eigenvalue weighted by molar-refractivity contribution is 0.0525. The number of carbonyl (C=O) groups is 1. The maximum Gasteiger partial charge on any atom is 0.342 e. The Kier molecular flexibility index (Phi) is 4.48. The number of esters is 1. The standard InChI is InChI=1S/C18H16N2O2S/c1-3-22-18(21)15-12(2)19-17(13-7-5-4-6-8-13)20-16(15)14-9-10-23-11-14/h4-11H,3H2,1-2H3. The number of aromatic nitrogens is 2. The van der Waals surface area contributed by atoms with Gasteiger partial charge in [0.2, 0.25) is 0 Å². The van der Waals surface area contributed by atoms with Crippen LogP contribution in [0.15, 0.2) is 47.2 Å². The summed E-state index contributed by atoms with van der Waals surface area (Å²) < 4.78 is 5.18. The zero-order valence-electron chi connectivity index (χ0n) is 12.9. The number of rotatable bonds is 4. The van der Waals surface area contributed by atoms with Gasteiger partial charge in [-0.1, -0.05) is 30.3 Å². The summed E-state index contributed by atoms with van der Waals surface area (Å²) in [5, 5.41) is 3.93. The second kappa shape index (κ2) is 6.71. The maximum atomic E-state index is 12.3. The van der Waals surface area contributed by atoms with Crippen LogP contribution >= 0.6 is 11.3 Å². The van der Waals surface area contributed by atoms with Crippen LogP contribution in [0.25, 0.3) is 22.6 Å². The van der Waals surface area contributed by atoms with Crippen molar-refractivity contribution < 1.29 is 9.53 Å². The largest absolute Gasteiger partial charge is 0.462 e. The highest BCUT2D eigenvalue weighted by Gasteiger charge is 2.21. The molecule has 3 rings (SSSR count). The summed E-state index contributed by atoms with van der Waals surface area (Å²) >= 11 is 1.56. The Balaban J connectivity index is 2.20. The predicted molar refractivity (Wildman–Crippen MR) is 91.5 cm³/mol. The van der Waals surface area contributed by atoms with E-state index in [0.29, 0.717) is 29.4 Å². The molecule has 2 aromatic heterocycles. The van der Waals surface area contributed by atoms with E-state index in [1.165, 1.54) is 0 Å². The molecule has 2 heterocycles. The van der Waals surface area contributed by atoms with Crippen LogP contribution in [0.3, 0.4) is 0 Å². The Morgan fingerprint density at radius 2 is 1.91 bits per heavy atom. The zero-order chi connectivity index (χ0) is 16.2. The van der Waals surface area contributed by atoms with Crippen molar-refractivity contribution in [3.63, 3.8) is 0 Å². The van der Waals surface area contributed by atoms with Crippen LogP contribution in [0.2, 0.25) is 0 Å². The third kappa shape index (κ3) is 3.14. The molecule has 3 aromatic rings. The van der Waals surface area contributed by atoms with Gasteiger partial charge in [-0.25, -0.2) is 14.8 Å². The minimum Gasteiger partial charge on any atom is -0.462 e. The van der Waals surface area contributed by atoms with E-state index in [1.807, 2.05) is 54.1 Å². The van der Waals surface area contributed by atoms with Crippen molar-refractivity contribution in [2.24, 2.45) is 0 Å². The van der Waals surface area contributed by atoms with Crippen LogP contribution < -0.4 is 0 Å². The fraction of sp³-hybridized carbons (Fsp3) is 0.167. The van der Waals surface area contributed by atoms with Crippen molar-refractivity contribution in [3.8, 4) is 22.6 Å². The molecule has 1 aromatic carbocycles. The van der Waals surface area contributed by atoms with Gasteiger partial charge in [0.25, 0.3) is 0 Å². The lowest BCUT2D eigenvalue weighted by Gasteiger charge is -2.12. The van der Waals surface area contributed by atoms with Crippen molar-refractivity contribution in [1.82, 2.24) is 9.97 Å². The van der Waals surface area contributed by atoms with E-state index in [0.717, 1.165) is 11.1 Å². The van der Waals surface area contributed by atoms with E-state index >= 15 is 0 Å². The Labute approximate surface area is 138 Å². The van der Waals surface area contributed by atoms with Gasteiger partial charge in [-0.05, 0) is 25.3 Å². The normalized spacial score (nSPS) is 10.5. The SMILES string of the molecule is CCOC(=O)c1c(C)nc(-c2ccccc2)nc1-c1ccsc1. The summed E-state index contributed by atoms with van der Waals surface area (Å²) in [6, 6.07) is 11.7. The van der Waals surface area contributed by atoms with E-state index in [2.05, 4.69) is 9.97 Å². The molecule has 0 aliphatic heterocycles. The first-order valence-corrected chi connectivity index (χ1v) is 8.28. The van der Waals surface area contributed by atoms with Gasteiger partial charge in [-0.2, -0.15) is 11.3 Å². The molecular formula is C18H16N2O2S. The number of benzene rings is 1. The quantitative estimate of drug-likeness (QED) is 0.669. The smallest absolute Gasteiger partial charge is 0.342 e. The molecule has 0 amide bonds. The number of thiophene rings is 1. The van der Waals surface area contributed by atoms with Gasteiger partial charge in [0.15, 0.2) is 5.82 Å². The number of carbonyl (C=O) groups excluding carboxylic acids is 1. The summed E-state index contributed by atoms with van der Waals surface area (Å²) in [6.45, 7) is 3.93. The van der Waals surface area contributed by atoms with Crippen LogP contribution in [0.4, 0.5) is 0 Å². The minimum absolute atomic E-state index is 0.321. The average molecular weight is 324 g/mol. The van der Waals surface area contributed by atoms with Crippen LogP contribution in [-0.2, 0) is 4.74 Å². The highest BCUT2D eigenvalue weighted by Crippen LogP contribution is 2.29. The third-order valence-electron chi connectivity index (χ3n) is 3.40. The van der Waals surface area contributed by atoms with Gasteiger partial charge in [0, 0.05) is 16.5 Å². The minimum atomic E-state index is -0.384. The summed E-state index contributed by atoms with van der Waals surface area (Å²) in [7, 11) is 0. The monoisotopic (exact) mass is 324 g/mol. The number of nitrogens with zero attached hydrogens (tertiary/aromatic N) is 2. The van der Waals surface area contributed by atoms with Crippen molar-refractivity contribution in [1.29, 1.82) is 0 Å². The molecule has 0 aliphatic carbocycles. The predicted octanol–water partition coefficient (Wildman–Crippen LogP) is 4.36. The molecule has 0 saturated carbocycles. The number of ether oxygens (including phenoxy) is 1. The molecule has 0 atom stereocenters. The highest BCUT2D eigenvalue weighted by molar-refractivity contribution is 7.08. The first kappa shape index (κ1) is 15.4. The molecule has 0 bridgehead atoms.